The summed E-state index contributed by atoms with van der Waals surface area (Å²) in [4.78, 5) is 24.5. The molecule has 0 saturated heterocycles. The average molecular weight is 949 g/mol. The summed E-state index contributed by atoms with van der Waals surface area (Å²) in [6.45, 7) is 4.97. The molecule has 0 aromatic heterocycles. The number of ether oxygens (including phenoxy) is 1. The van der Waals surface area contributed by atoms with Crippen LogP contribution in [0.3, 0.4) is 0 Å². The molecule has 0 aliphatic heterocycles. The maximum absolute atomic E-state index is 12.4. The Morgan fingerprint density at radius 2 is 0.612 bits per heavy atom. The molecule has 0 aliphatic rings. The number of hydrogen-bond donors (Lipinski definition) is 3. The minimum Gasteiger partial charge on any atom is -0.466 e. The number of carbonyl (C=O) groups is 2. The van der Waals surface area contributed by atoms with E-state index < -0.39 is 12.1 Å². The van der Waals surface area contributed by atoms with Crippen LogP contribution in [0.15, 0.2) is 0 Å². The third-order valence-electron chi connectivity index (χ3n) is 14.7. The first-order chi connectivity index (χ1) is 33.0. The van der Waals surface area contributed by atoms with Crippen molar-refractivity contribution in [1.82, 2.24) is 5.32 Å². The van der Waals surface area contributed by atoms with Crippen LogP contribution in [0, 0.1) is 0 Å². The largest absolute Gasteiger partial charge is 0.466 e. The quantitative estimate of drug-likeness (QED) is 0.0417. The van der Waals surface area contributed by atoms with Gasteiger partial charge in [-0.1, -0.05) is 316 Å². The highest BCUT2D eigenvalue weighted by Gasteiger charge is 2.20. The number of rotatable bonds is 58. The zero-order chi connectivity index (χ0) is 48.6. The predicted octanol–water partition coefficient (Wildman–Crippen LogP) is 19.1. The van der Waals surface area contributed by atoms with E-state index in [0.717, 1.165) is 38.5 Å². The number of aliphatic hydroxyl groups excluding tert-OH is 2. The molecule has 3 N–H and O–H groups in total. The van der Waals surface area contributed by atoms with Crippen LogP contribution >= 0.6 is 0 Å². The maximum Gasteiger partial charge on any atom is 0.305 e. The Hall–Kier alpha value is -1.14. The molecule has 2 unspecified atom stereocenters. The van der Waals surface area contributed by atoms with Crippen molar-refractivity contribution in [3.05, 3.63) is 0 Å². The number of unbranched alkanes of at least 4 members (excludes halogenated alkanes) is 47. The predicted molar refractivity (Wildman–Crippen MR) is 292 cm³/mol. The van der Waals surface area contributed by atoms with Gasteiger partial charge in [-0.3, -0.25) is 9.59 Å². The van der Waals surface area contributed by atoms with E-state index in [0.29, 0.717) is 25.9 Å². The Morgan fingerprint density at radius 3 is 0.910 bits per heavy atom. The van der Waals surface area contributed by atoms with E-state index in [4.69, 9.17) is 4.74 Å². The van der Waals surface area contributed by atoms with Gasteiger partial charge in [0.1, 0.15) is 0 Å². The molecule has 400 valence electrons. The van der Waals surface area contributed by atoms with Gasteiger partial charge in [0.05, 0.1) is 25.4 Å². The fourth-order valence-electron chi connectivity index (χ4n) is 9.94. The molecule has 0 rings (SSSR count). The zero-order valence-electron chi connectivity index (χ0n) is 45.7. The van der Waals surface area contributed by atoms with E-state index in [1.165, 1.54) is 283 Å². The molecule has 2 atom stereocenters. The summed E-state index contributed by atoms with van der Waals surface area (Å²) in [7, 11) is 0. The molecular formula is C61H121NO5. The molecule has 0 aliphatic carbocycles. The summed E-state index contributed by atoms with van der Waals surface area (Å²) in [6.07, 6.45) is 66.9. The Morgan fingerprint density at radius 1 is 0.358 bits per heavy atom. The van der Waals surface area contributed by atoms with Crippen molar-refractivity contribution in [1.29, 1.82) is 0 Å². The molecular weight excluding hydrogens is 827 g/mol. The number of aliphatic hydroxyl groups is 2. The van der Waals surface area contributed by atoms with E-state index in [2.05, 4.69) is 19.2 Å². The minimum atomic E-state index is -0.660. The van der Waals surface area contributed by atoms with E-state index >= 15 is 0 Å². The Balaban J connectivity index is 3.31. The van der Waals surface area contributed by atoms with Crippen LogP contribution in [0.1, 0.15) is 354 Å². The number of carbonyl (C=O) groups excluding carboxylic acids is 2. The summed E-state index contributed by atoms with van der Waals surface area (Å²) in [5.41, 5.74) is 0. The smallest absolute Gasteiger partial charge is 0.305 e. The molecule has 0 aromatic rings. The van der Waals surface area contributed by atoms with Crippen LogP contribution < -0.4 is 5.32 Å². The Bertz CT molecular complexity index is 959. The van der Waals surface area contributed by atoms with Crippen LogP contribution in [-0.4, -0.2) is 47.4 Å². The fraction of sp³-hybridized carbons (Fsp3) is 0.967. The van der Waals surface area contributed by atoms with E-state index in [-0.39, 0.29) is 18.5 Å². The summed E-state index contributed by atoms with van der Waals surface area (Å²) in [5.74, 6) is -0.0121. The normalized spacial score (nSPS) is 12.5. The molecule has 67 heavy (non-hydrogen) atoms. The van der Waals surface area contributed by atoms with Crippen molar-refractivity contribution in [2.75, 3.05) is 13.2 Å². The van der Waals surface area contributed by atoms with Crippen LogP contribution in [0.5, 0.6) is 0 Å². The lowest BCUT2D eigenvalue weighted by molar-refractivity contribution is -0.143. The molecule has 6 nitrogen and oxygen atoms in total. The molecule has 0 radical (unpaired) electrons. The van der Waals surface area contributed by atoms with Crippen molar-refractivity contribution < 1.29 is 24.5 Å². The Kier molecular flexibility index (Phi) is 56.5. The van der Waals surface area contributed by atoms with Gasteiger partial charge in [-0.05, 0) is 25.7 Å². The van der Waals surface area contributed by atoms with Gasteiger partial charge in [-0.25, -0.2) is 0 Å². The third-order valence-corrected chi connectivity index (χ3v) is 14.7. The van der Waals surface area contributed by atoms with Crippen molar-refractivity contribution in [3.63, 3.8) is 0 Å². The van der Waals surface area contributed by atoms with E-state index in [9.17, 15) is 19.8 Å². The van der Waals surface area contributed by atoms with Gasteiger partial charge in [-0.15, -0.1) is 0 Å². The first kappa shape index (κ1) is 65.9. The van der Waals surface area contributed by atoms with Crippen LogP contribution in [0.4, 0.5) is 0 Å². The van der Waals surface area contributed by atoms with E-state index in [1.54, 1.807) is 0 Å². The number of hydrogen-bond acceptors (Lipinski definition) is 5. The SMILES string of the molecule is CCCCCCCCCCCCCCCC(=O)OCCCCCCCCCCCCCCCCCCCCCCCCCCCCC(=O)NC(CO)C(O)CCCCCCCCCCCCC. The Labute approximate surface area is 419 Å². The van der Waals surface area contributed by atoms with Crippen molar-refractivity contribution in [2.45, 2.75) is 366 Å². The zero-order valence-corrected chi connectivity index (χ0v) is 45.7. The first-order valence-electron chi connectivity index (χ1n) is 30.8. The lowest BCUT2D eigenvalue weighted by Crippen LogP contribution is -2.45. The molecule has 0 heterocycles. The highest BCUT2D eigenvalue weighted by molar-refractivity contribution is 5.76. The third kappa shape index (κ3) is 54.0. The molecule has 1 amide bonds. The second-order valence-corrected chi connectivity index (χ2v) is 21.4. The van der Waals surface area contributed by atoms with Crippen LogP contribution in [0.25, 0.3) is 0 Å². The monoisotopic (exact) mass is 948 g/mol. The maximum atomic E-state index is 12.4. The summed E-state index contributed by atoms with van der Waals surface area (Å²) in [5, 5.41) is 23.2. The number of esters is 1. The topological polar surface area (TPSA) is 95.9 Å². The molecule has 6 heteroatoms. The molecule has 0 spiro atoms. The number of nitrogens with one attached hydrogen (secondary N) is 1. The summed E-state index contributed by atoms with van der Waals surface area (Å²) < 4.78 is 5.48. The molecule has 0 saturated carbocycles. The minimum absolute atomic E-state index is 0.0195. The fourth-order valence-corrected chi connectivity index (χ4v) is 9.94. The average Bonchev–Trinajstić information content (AvgIpc) is 3.33. The van der Waals surface area contributed by atoms with Gasteiger partial charge >= 0.3 is 5.97 Å². The standard InChI is InChI=1S/C61H121NO5/c1-3-5-7-9-11-13-15-30-35-39-43-47-51-55-61(66)67-56-52-48-44-40-36-32-29-27-25-23-21-19-17-16-18-20-22-24-26-28-31-34-38-42-46-50-54-60(65)62-58(57-63)59(64)53-49-45-41-37-33-14-12-10-8-6-4-2/h58-59,63-64H,3-57H2,1-2H3,(H,62,65). The van der Waals surface area contributed by atoms with Crippen molar-refractivity contribution in [3.8, 4) is 0 Å². The van der Waals surface area contributed by atoms with Crippen molar-refractivity contribution in [2.24, 2.45) is 0 Å². The van der Waals surface area contributed by atoms with Gasteiger partial charge in [0.15, 0.2) is 0 Å². The molecule has 0 aromatic carbocycles. The van der Waals surface area contributed by atoms with Gasteiger partial charge in [0, 0.05) is 12.8 Å². The molecule has 0 bridgehead atoms. The van der Waals surface area contributed by atoms with Crippen LogP contribution in [-0.2, 0) is 14.3 Å². The molecule has 0 fully saturated rings. The second-order valence-electron chi connectivity index (χ2n) is 21.4. The van der Waals surface area contributed by atoms with Gasteiger partial charge in [0.25, 0.3) is 0 Å². The van der Waals surface area contributed by atoms with Crippen LogP contribution in [0.2, 0.25) is 0 Å². The first-order valence-corrected chi connectivity index (χ1v) is 30.8. The summed E-state index contributed by atoms with van der Waals surface area (Å²) >= 11 is 0. The van der Waals surface area contributed by atoms with Gasteiger partial charge in [-0.2, -0.15) is 0 Å². The highest BCUT2D eigenvalue weighted by Crippen LogP contribution is 2.18. The lowest BCUT2D eigenvalue weighted by Gasteiger charge is -2.22. The van der Waals surface area contributed by atoms with Gasteiger partial charge < -0.3 is 20.3 Å². The highest BCUT2D eigenvalue weighted by atomic mass is 16.5. The second kappa shape index (κ2) is 57.4. The van der Waals surface area contributed by atoms with Crippen molar-refractivity contribution >= 4 is 11.9 Å². The lowest BCUT2D eigenvalue weighted by atomic mass is 10.0. The number of amides is 1. The van der Waals surface area contributed by atoms with Gasteiger partial charge in [0.2, 0.25) is 5.91 Å². The summed E-state index contributed by atoms with van der Waals surface area (Å²) in [6, 6.07) is -0.537. The van der Waals surface area contributed by atoms with E-state index in [1.807, 2.05) is 0 Å².